The molecule has 33 heavy (non-hydrogen) atoms. The van der Waals surface area contributed by atoms with Crippen molar-refractivity contribution in [3.63, 3.8) is 0 Å². The van der Waals surface area contributed by atoms with Crippen LogP contribution in [0, 0.1) is 5.92 Å². The van der Waals surface area contributed by atoms with Crippen molar-refractivity contribution in [2.45, 2.75) is 30.3 Å². The van der Waals surface area contributed by atoms with E-state index in [1.807, 2.05) is 12.1 Å². The molecule has 1 amide bonds. The lowest BCUT2D eigenvalue weighted by Gasteiger charge is -2.35. The van der Waals surface area contributed by atoms with Crippen LogP contribution in [0.3, 0.4) is 0 Å². The third-order valence-corrected chi connectivity index (χ3v) is 7.52. The standard InChI is InChI=1S/C22H23ClN6O3S/c23-19-16-10-24-27-17(16)4-5-18(19)26-22-29-28-21(33-22)11-2-1-3-13(6-11)25-20(32)12-7-14(30)9-15(31)8-12/h1-3,6-9,16-19,24,27,30-31H,4-5,10H2,(H,25,32)(H,26,29). The molecule has 172 valence electrons. The maximum atomic E-state index is 12.5. The van der Waals surface area contributed by atoms with Crippen LogP contribution in [0.5, 0.6) is 11.5 Å². The summed E-state index contributed by atoms with van der Waals surface area (Å²) in [5.74, 6) is -0.441. The molecule has 0 radical (unpaired) electrons. The summed E-state index contributed by atoms with van der Waals surface area (Å²) in [7, 11) is 0. The fourth-order valence-electron chi connectivity index (χ4n) is 4.36. The first-order valence-corrected chi connectivity index (χ1v) is 11.9. The Morgan fingerprint density at radius 1 is 1.12 bits per heavy atom. The van der Waals surface area contributed by atoms with E-state index in [-0.39, 0.29) is 28.5 Å². The van der Waals surface area contributed by atoms with E-state index in [9.17, 15) is 15.0 Å². The molecule has 11 heteroatoms. The zero-order valence-corrected chi connectivity index (χ0v) is 19.0. The molecule has 1 saturated carbocycles. The van der Waals surface area contributed by atoms with Crippen LogP contribution in [0.1, 0.15) is 23.2 Å². The zero-order chi connectivity index (χ0) is 22.9. The Morgan fingerprint density at radius 3 is 2.76 bits per heavy atom. The molecule has 0 spiro atoms. The zero-order valence-electron chi connectivity index (χ0n) is 17.5. The van der Waals surface area contributed by atoms with Crippen LogP contribution in [0.15, 0.2) is 42.5 Å². The van der Waals surface area contributed by atoms with Crippen LogP contribution < -0.4 is 21.5 Å². The highest BCUT2D eigenvalue weighted by molar-refractivity contribution is 7.18. The summed E-state index contributed by atoms with van der Waals surface area (Å²) in [6.07, 6.45) is 1.99. The van der Waals surface area contributed by atoms with Gasteiger partial charge >= 0.3 is 0 Å². The number of hydrogen-bond acceptors (Lipinski definition) is 9. The van der Waals surface area contributed by atoms with Crippen molar-refractivity contribution in [2.24, 2.45) is 5.92 Å². The fraction of sp³-hybridized carbons (Fsp3) is 0.318. The molecule has 3 aromatic rings. The van der Waals surface area contributed by atoms with Gasteiger partial charge in [0.1, 0.15) is 16.5 Å². The van der Waals surface area contributed by atoms with Gasteiger partial charge in [-0.2, -0.15) is 0 Å². The number of halogens is 1. The molecule has 1 saturated heterocycles. The number of phenols is 2. The number of phenolic OH excluding ortho intramolecular Hbond substituents is 2. The summed E-state index contributed by atoms with van der Waals surface area (Å²) in [6, 6.07) is 11.5. The number of hydrazine groups is 1. The van der Waals surface area contributed by atoms with Crippen molar-refractivity contribution < 1.29 is 15.0 Å². The molecule has 2 fully saturated rings. The van der Waals surface area contributed by atoms with Crippen molar-refractivity contribution in [2.75, 3.05) is 17.2 Å². The van der Waals surface area contributed by atoms with Gasteiger partial charge in [-0.1, -0.05) is 23.5 Å². The minimum Gasteiger partial charge on any atom is -0.508 e. The molecule has 1 aromatic heterocycles. The van der Waals surface area contributed by atoms with Crippen LogP contribution >= 0.6 is 22.9 Å². The number of hydrogen-bond donors (Lipinski definition) is 6. The minimum atomic E-state index is -0.447. The number of amides is 1. The number of aromatic nitrogens is 2. The maximum absolute atomic E-state index is 12.5. The molecule has 6 N–H and O–H groups in total. The van der Waals surface area contributed by atoms with E-state index in [1.165, 1.54) is 23.5 Å². The van der Waals surface area contributed by atoms with E-state index in [1.54, 1.807) is 12.1 Å². The summed E-state index contributed by atoms with van der Waals surface area (Å²) >= 11 is 8.17. The molecular weight excluding hydrogens is 464 g/mol. The number of rotatable bonds is 5. The largest absolute Gasteiger partial charge is 0.508 e. The Bertz CT molecular complexity index is 1150. The normalized spacial score (nSPS) is 24.3. The average molecular weight is 487 g/mol. The Hall–Kier alpha value is -2.92. The molecule has 4 atom stereocenters. The number of carbonyl (C=O) groups excluding carboxylic acids is 1. The highest BCUT2D eigenvalue weighted by Gasteiger charge is 2.41. The molecule has 2 aromatic carbocycles. The number of alkyl halides is 1. The monoisotopic (exact) mass is 486 g/mol. The SMILES string of the molecule is O=C(Nc1cccc(-c2nnc(NC3CCC4NNCC4C3Cl)s2)c1)c1cc(O)cc(O)c1. The van der Waals surface area contributed by atoms with Gasteiger partial charge in [0.15, 0.2) is 0 Å². The second kappa shape index (κ2) is 9.14. The highest BCUT2D eigenvalue weighted by Crippen LogP contribution is 2.35. The first kappa shape index (κ1) is 21.9. The van der Waals surface area contributed by atoms with Crippen molar-refractivity contribution in [3.8, 4) is 22.1 Å². The van der Waals surface area contributed by atoms with Crippen LogP contribution in [-0.2, 0) is 0 Å². The molecular formula is C22H23ClN6O3S. The van der Waals surface area contributed by atoms with Gasteiger partial charge in [0.2, 0.25) is 5.13 Å². The van der Waals surface area contributed by atoms with Gasteiger partial charge in [-0.3, -0.25) is 15.6 Å². The smallest absolute Gasteiger partial charge is 0.255 e. The van der Waals surface area contributed by atoms with Crippen molar-refractivity contribution in [1.29, 1.82) is 0 Å². The molecule has 9 nitrogen and oxygen atoms in total. The highest BCUT2D eigenvalue weighted by atomic mass is 35.5. The number of aromatic hydroxyl groups is 2. The number of benzene rings is 2. The second-order valence-corrected chi connectivity index (χ2v) is 9.74. The van der Waals surface area contributed by atoms with E-state index in [4.69, 9.17) is 11.6 Å². The van der Waals surface area contributed by atoms with Gasteiger partial charge in [0.25, 0.3) is 5.91 Å². The number of carbonyl (C=O) groups is 1. The van der Waals surface area contributed by atoms with Crippen molar-refractivity contribution in [1.82, 2.24) is 21.0 Å². The van der Waals surface area contributed by atoms with E-state index >= 15 is 0 Å². The first-order chi connectivity index (χ1) is 16.0. The van der Waals surface area contributed by atoms with Gasteiger partial charge < -0.3 is 20.8 Å². The number of fused-ring (bicyclic) bond motifs is 1. The Morgan fingerprint density at radius 2 is 1.94 bits per heavy atom. The Kier molecular flexibility index (Phi) is 6.07. The van der Waals surface area contributed by atoms with E-state index in [2.05, 4.69) is 31.7 Å². The van der Waals surface area contributed by atoms with Gasteiger partial charge in [-0.05, 0) is 37.1 Å². The van der Waals surface area contributed by atoms with E-state index in [0.29, 0.717) is 27.8 Å². The van der Waals surface area contributed by atoms with Crippen molar-refractivity contribution in [3.05, 3.63) is 48.0 Å². The number of nitrogens with zero attached hydrogens (tertiary/aromatic N) is 2. The third kappa shape index (κ3) is 4.74. The molecule has 1 aliphatic heterocycles. The molecule has 2 aliphatic rings. The van der Waals surface area contributed by atoms with Crippen molar-refractivity contribution >= 4 is 39.7 Å². The van der Waals surface area contributed by atoms with Crippen LogP contribution in [-0.4, -0.2) is 50.3 Å². The molecule has 0 bridgehead atoms. The number of nitrogens with one attached hydrogen (secondary N) is 4. The summed E-state index contributed by atoms with van der Waals surface area (Å²) < 4.78 is 0. The lowest BCUT2D eigenvalue weighted by Crippen LogP contribution is -2.47. The molecule has 1 aliphatic carbocycles. The minimum absolute atomic E-state index is 0.00556. The Balaban J connectivity index is 1.27. The lowest BCUT2D eigenvalue weighted by atomic mass is 9.82. The lowest BCUT2D eigenvalue weighted by molar-refractivity contribution is 0.102. The summed E-state index contributed by atoms with van der Waals surface area (Å²) in [6.45, 7) is 0.860. The van der Waals surface area contributed by atoms with Gasteiger partial charge in [0.05, 0.1) is 5.38 Å². The van der Waals surface area contributed by atoms with E-state index < -0.39 is 5.91 Å². The molecule has 5 rings (SSSR count). The van der Waals surface area contributed by atoms with Crippen LogP contribution in [0.2, 0.25) is 0 Å². The Labute approximate surface area is 199 Å². The quantitative estimate of drug-likeness (QED) is 0.303. The fourth-order valence-corrected chi connectivity index (χ4v) is 5.62. The van der Waals surface area contributed by atoms with Gasteiger partial charge in [-0.15, -0.1) is 21.8 Å². The topological polar surface area (TPSA) is 131 Å². The summed E-state index contributed by atoms with van der Waals surface area (Å²) in [4.78, 5) is 12.5. The average Bonchev–Trinajstić information content (AvgIpc) is 3.45. The summed E-state index contributed by atoms with van der Waals surface area (Å²) in [5, 5.41) is 35.5. The third-order valence-electron chi connectivity index (χ3n) is 5.99. The first-order valence-electron chi connectivity index (χ1n) is 10.6. The van der Waals surface area contributed by atoms with Gasteiger partial charge in [0, 0.05) is 47.4 Å². The van der Waals surface area contributed by atoms with E-state index in [0.717, 1.165) is 31.0 Å². The molecule has 4 unspecified atom stereocenters. The van der Waals surface area contributed by atoms with Crippen LogP contribution in [0.4, 0.5) is 10.8 Å². The van der Waals surface area contributed by atoms with Crippen LogP contribution in [0.25, 0.3) is 10.6 Å². The molecule has 2 heterocycles. The summed E-state index contributed by atoms with van der Waals surface area (Å²) in [5.41, 5.74) is 8.01. The van der Waals surface area contributed by atoms with Gasteiger partial charge in [-0.25, -0.2) is 0 Å². The predicted molar refractivity (Wildman–Crippen MR) is 128 cm³/mol. The second-order valence-electron chi connectivity index (χ2n) is 8.25. The number of anilines is 2. The maximum Gasteiger partial charge on any atom is 0.255 e. The predicted octanol–water partition coefficient (Wildman–Crippen LogP) is 3.14.